The van der Waals surface area contributed by atoms with Crippen LogP contribution in [0.5, 0.6) is 0 Å². The van der Waals surface area contributed by atoms with Gasteiger partial charge in [-0.25, -0.2) is 0 Å². The highest BCUT2D eigenvalue weighted by molar-refractivity contribution is 5.85. The maximum atomic E-state index is 12.4. The maximum Gasteiger partial charge on any atom is 0.224 e. The number of rotatable bonds is 8. The summed E-state index contributed by atoms with van der Waals surface area (Å²) in [4.78, 5) is 12.4. The van der Waals surface area contributed by atoms with E-state index in [9.17, 15) is 4.79 Å². The summed E-state index contributed by atoms with van der Waals surface area (Å²) in [6, 6.07) is 18.0. The van der Waals surface area contributed by atoms with Gasteiger partial charge in [-0.15, -0.1) is 12.4 Å². The lowest BCUT2D eigenvalue weighted by atomic mass is 9.89. The summed E-state index contributed by atoms with van der Waals surface area (Å²) in [5.41, 5.74) is 9.95. The fraction of sp³-hybridized carbons (Fsp3) is 0.435. The minimum atomic E-state index is -0.291. The Morgan fingerprint density at radius 3 is 2.68 bits per heavy atom. The van der Waals surface area contributed by atoms with Crippen LogP contribution in [0.2, 0.25) is 0 Å². The lowest BCUT2D eigenvalue weighted by molar-refractivity contribution is -0.125. The topological polar surface area (TPSA) is 64.3 Å². The fourth-order valence-electron chi connectivity index (χ4n) is 3.68. The van der Waals surface area contributed by atoms with E-state index in [1.165, 1.54) is 17.5 Å². The Labute approximate surface area is 174 Å². The minimum Gasteiger partial charge on any atom is -0.373 e. The lowest BCUT2D eigenvalue weighted by Gasteiger charge is -2.25. The summed E-state index contributed by atoms with van der Waals surface area (Å²) in [7, 11) is 0. The standard InChI is InChI=1S/C23H30N2O2.ClH/c1-17(22(24)19-10-3-2-4-11-19)23(26)25-15-8-16-27-21-14-7-12-18-9-5-6-13-20(18)21;/h2-6,9-11,13,17,21-22H,7-8,12,14-16,24H2,1H3,(H,25,26);1H. The normalized spacial score (nSPS) is 17.7. The molecule has 3 unspecified atom stereocenters. The largest absolute Gasteiger partial charge is 0.373 e. The third-order valence-corrected chi connectivity index (χ3v) is 5.39. The number of nitrogens with one attached hydrogen (secondary N) is 1. The number of benzene rings is 2. The molecule has 1 aliphatic carbocycles. The van der Waals surface area contributed by atoms with Crippen LogP contribution in [0.4, 0.5) is 0 Å². The molecule has 4 nitrogen and oxygen atoms in total. The Kier molecular flexibility index (Phi) is 8.97. The molecule has 152 valence electrons. The molecule has 1 amide bonds. The van der Waals surface area contributed by atoms with Gasteiger partial charge in [0.15, 0.2) is 0 Å². The Hall–Kier alpha value is -1.88. The second-order valence-corrected chi connectivity index (χ2v) is 7.32. The molecule has 0 aliphatic heterocycles. The zero-order valence-electron chi connectivity index (χ0n) is 16.5. The molecule has 28 heavy (non-hydrogen) atoms. The van der Waals surface area contributed by atoms with Gasteiger partial charge in [-0.2, -0.15) is 0 Å². The summed E-state index contributed by atoms with van der Waals surface area (Å²) in [6.07, 6.45) is 4.39. The van der Waals surface area contributed by atoms with Crippen LogP contribution in [0, 0.1) is 5.92 Å². The minimum absolute atomic E-state index is 0. The molecule has 1 aliphatic rings. The third kappa shape index (κ3) is 5.81. The Bertz CT molecular complexity index is 738. The van der Waals surface area contributed by atoms with E-state index in [0.717, 1.165) is 24.8 Å². The molecular formula is C23H31ClN2O2. The van der Waals surface area contributed by atoms with Crippen LogP contribution in [0.15, 0.2) is 54.6 Å². The maximum absolute atomic E-state index is 12.4. The molecule has 5 heteroatoms. The van der Waals surface area contributed by atoms with Crippen molar-refractivity contribution in [1.82, 2.24) is 5.32 Å². The molecular weight excluding hydrogens is 372 g/mol. The van der Waals surface area contributed by atoms with Gasteiger partial charge in [-0.3, -0.25) is 4.79 Å². The first kappa shape index (κ1) is 22.4. The van der Waals surface area contributed by atoms with Gasteiger partial charge in [-0.1, -0.05) is 61.5 Å². The van der Waals surface area contributed by atoms with Crippen molar-refractivity contribution in [3.05, 3.63) is 71.3 Å². The molecule has 0 aromatic heterocycles. The highest BCUT2D eigenvalue weighted by Crippen LogP contribution is 2.32. The van der Waals surface area contributed by atoms with Crippen molar-refractivity contribution in [1.29, 1.82) is 0 Å². The van der Waals surface area contributed by atoms with Gasteiger partial charge in [0.1, 0.15) is 0 Å². The van der Waals surface area contributed by atoms with Crippen LogP contribution in [0.3, 0.4) is 0 Å². The second kappa shape index (κ2) is 11.2. The Morgan fingerprint density at radius 2 is 1.89 bits per heavy atom. The summed E-state index contributed by atoms with van der Waals surface area (Å²) in [5.74, 6) is -0.270. The molecule has 0 saturated carbocycles. The molecule has 0 radical (unpaired) electrons. The smallest absolute Gasteiger partial charge is 0.224 e. The highest BCUT2D eigenvalue weighted by atomic mass is 35.5. The summed E-state index contributed by atoms with van der Waals surface area (Å²) < 4.78 is 6.09. The Balaban J connectivity index is 0.00000280. The molecule has 0 bridgehead atoms. The number of fused-ring (bicyclic) bond motifs is 1. The molecule has 2 aromatic rings. The van der Waals surface area contributed by atoms with Gasteiger partial charge in [-0.05, 0) is 42.4 Å². The average molecular weight is 403 g/mol. The highest BCUT2D eigenvalue weighted by Gasteiger charge is 2.22. The van der Waals surface area contributed by atoms with Crippen molar-refractivity contribution in [3.8, 4) is 0 Å². The number of nitrogens with two attached hydrogens (primary N) is 1. The monoisotopic (exact) mass is 402 g/mol. The SMILES string of the molecule is CC(C(=O)NCCCOC1CCCc2ccccc21)C(N)c1ccccc1.Cl. The van der Waals surface area contributed by atoms with Crippen LogP contribution in [0.1, 0.15) is 55.0 Å². The molecule has 0 spiro atoms. The average Bonchev–Trinajstić information content (AvgIpc) is 2.73. The quantitative estimate of drug-likeness (QED) is 0.645. The van der Waals surface area contributed by atoms with Crippen molar-refractivity contribution in [2.75, 3.05) is 13.2 Å². The van der Waals surface area contributed by atoms with E-state index in [4.69, 9.17) is 10.5 Å². The summed E-state index contributed by atoms with van der Waals surface area (Å²) >= 11 is 0. The third-order valence-electron chi connectivity index (χ3n) is 5.39. The molecule has 0 fully saturated rings. The fourth-order valence-corrected chi connectivity index (χ4v) is 3.68. The van der Waals surface area contributed by atoms with Gasteiger partial charge >= 0.3 is 0 Å². The van der Waals surface area contributed by atoms with Gasteiger partial charge in [0, 0.05) is 19.2 Å². The number of ether oxygens (including phenoxy) is 1. The molecule has 3 atom stereocenters. The van der Waals surface area contributed by atoms with Crippen LogP contribution < -0.4 is 11.1 Å². The first-order chi connectivity index (χ1) is 13.2. The number of hydrogen-bond acceptors (Lipinski definition) is 3. The lowest BCUT2D eigenvalue weighted by Crippen LogP contribution is -2.36. The number of carbonyl (C=O) groups excluding carboxylic acids is 1. The Morgan fingerprint density at radius 1 is 1.18 bits per heavy atom. The van der Waals surface area contributed by atoms with Crippen LogP contribution in [-0.2, 0) is 16.0 Å². The van der Waals surface area contributed by atoms with Crippen molar-refractivity contribution in [2.45, 2.75) is 44.8 Å². The number of hydrogen-bond donors (Lipinski definition) is 2. The van der Waals surface area contributed by atoms with Gasteiger partial charge in [0.2, 0.25) is 5.91 Å². The van der Waals surface area contributed by atoms with Gasteiger partial charge < -0.3 is 15.8 Å². The first-order valence-corrected chi connectivity index (χ1v) is 9.94. The van der Waals surface area contributed by atoms with E-state index in [0.29, 0.717) is 13.2 Å². The van der Waals surface area contributed by atoms with E-state index in [1.54, 1.807) is 0 Å². The molecule has 0 saturated heterocycles. The first-order valence-electron chi connectivity index (χ1n) is 9.94. The summed E-state index contributed by atoms with van der Waals surface area (Å²) in [5, 5.41) is 2.99. The van der Waals surface area contributed by atoms with Crippen LogP contribution in [-0.4, -0.2) is 19.1 Å². The zero-order chi connectivity index (χ0) is 19.1. The molecule has 2 aromatic carbocycles. The van der Waals surface area contributed by atoms with Crippen LogP contribution in [0.25, 0.3) is 0 Å². The van der Waals surface area contributed by atoms with E-state index >= 15 is 0 Å². The molecule has 3 rings (SSSR count). The number of amides is 1. The summed E-state index contributed by atoms with van der Waals surface area (Å²) in [6.45, 7) is 3.14. The van der Waals surface area contributed by atoms with E-state index in [1.807, 2.05) is 37.3 Å². The van der Waals surface area contributed by atoms with Crippen molar-refractivity contribution in [3.63, 3.8) is 0 Å². The molecule has 3 N–H and O–H groups in total. The predicted molar refractivity (Wildman–Crippen MR) is 115 cm³/mol. The number of halogens is 1. The van der Waals surface area contributed by atoms with E-state index in [2.05, 4.69) is 29.6 Å². The van der Waals surface area contributed by atoms with E-state index < -0.39 is 0 Å². The zero-order valence-corrected chi connectivity index (χ0v) is 17.3. The second-order valence-electron chi connectivity index (χ2n) is 7.32. The van der Waals surface area contributed by atoms with Crippen LogP contribution >= 0.6 is 12.4 Å². The van der Waals surface area contributed by atoms with Gasteiger partial charge in [0.25, 0.3) is 0 Å². The van der Waals surface area contributed by atoms with E-state index in [-0.39, 0.29) is 36.4 Å². The van der Waals surface area contributed by atoms with Gasteiger partial charge in [0.05, 0.1) is 12.0 Å². The van der Waals surface area contributed by atoms with Crippen molar-refractivity contribution in [2.24, 2.45) is 11.7 Å². The van der Waals surface area contributed by atoms with Crippen molar-refractivity contribution < 1.29 is 9.53 Å². The number of aryl methyl sites for hydroxylation is 1. The number of carbonyl (C=O) groups is 1. The molecule has 0 heterocycles. The van der Waals surface area contributed by atoms with Crippen molar-refractivity contribution >= 4 is 18.3 Å². The predicted octanol–water partition coefficient (Wildman–Crippen LogP) is 4.34.